The van der Waals surface area contributed by atoms with Crippen molar-refractivity contribution < 1.29 is 14.3 Å². The molecule has 0 aromatic heterocycles. The summed E-state index contributed by atoms with van der Waals surface area (Å²) in [6.45, 7) is 3.54. The summed E-state index contributed by atoms with van der Waals surface area (Å²) in [7, 11) is 3.13. The first kappa shape index (κ1) is 13.3. The molecule has 0 radical (unpaired) electrons. The van der Waals surface area contributed by atoms with Gasteiger partial charge in [0.25, 0.3) is 0 Å². The van der Waals surface area contributed by atoms with Crippen LogP contribution < -0.4 is 20.7 Å². The molecule has 0 fully saturated rings. The summed E-state index contributed by atoms with van der Waals surface area (Å²) in [6, 6.07) is 5.31. The summed E-state index contributed by atoms with van der Waals surface area (Å²) in [5.41, 5.74) is 2.08. The minimum absolute atomic E-state index is 0.288. The van der Waals surface area contributed by atoms with Gasteiger partial charge in [-0.05, 0) is 32.0 Å². The molecule has 0 saturated carbocycles. The van der Waals surface area contributed by atoms with Crippen LogP contribution in [0.15, 0.2) is 18.2 Å². The van der Waals surface area contributed by atoms with E-state index in [-0.39, 0.29) is 5.91 Å². The molecule has 0 aliphatic heterocycles. The topological polar surface area (TPSA) is 73.6 Å². The zero-order valence-corrected chi connectivity index (χ0v) is 10.5. The molecule has 1 amide bonds. The van der Waals surface area contributed by atoms with Crippen molar-refractivity contribution in [3.63, 3.8) is 0 Å². The van der Waals surface area contributed by atoms with E-state index in [1.54, 1.807) is 46.3 Å². The van der Waals surface area contributed by atoms with Gasteiger partial charge in [-0.25, -0.2) is 5.84 Å². The monoisotopic (exact) mass is 238 g/mol. The van der Waals surface area contributed by atoms with E-state index in [1.165, 1.54) is 0 Å². The second-order valence-electron chi connectivity index (χ2n) is 4.16. The van der Waals surface area contributed by atoms with E-state index in [4.69, 9.17) is 15.3 Å². The van der Waals surface area contributed by atoms with Gasteiger partial charge in [0.1, 0.15) is 11.5 Å². The molecule has 0 heterocycles. The number of hydrogen-bond acceptors (Lipinski definition) is 4. The van der Waals surface area contributed by atoms with Crippen LogP contribution in [0.1, 0.15) is 19.4 Å². The SMILES string of the molecule is COc1ccc(OC)c(C(C)(C)C(=O)NN)c1. The van der Waals surface area contributed by atoms with Crippen LogP contribution in [0, 0.1) is 0 Å². The van der Waals surface area contributed by atoms with Crippen LogP contribution in [0.25, 0.3) is 0 Å². The summed E-state index contributed by atoms with van der Waals surface area (Å²) < 4.78 is 10.4. The van der Waals surface area contributed by atoms with E-state index in [0.717, 1.165) is 5.56 Å². The zero-order chi connectivity index (χ0) is 13.1. The molecule has 0 aliphatic carbocycles. The van der Waals surface area contributed by atoms with Gasteiger partial charge >= 0.3 is 0 Å². The van der Waals surface area contributed by atoms with E-state index in [9.17, 15) is 4.79 Å². The molecule has 17 heavy (non-hydrogen) atoms. The van der Waals surface area contributed by atoms with Crippen molar-refractivity contribution >= 4 is 5.91 Å². The number of hydrazine groups is 1. The van der Waals surface area contributed by atoms with Crippen LogP contribution in [-0.4, -0.2) is 20.1 Å². The third-order valence-corrected chi connectivity index (χ3v) is 2.78. The number of ether oxygens (including phenoxy) is 2. The van der Waals surface area contributed by atoms with Crippen molar-refractivity contribution in [3.05, 3.63) is 23.8 Å². The first-order valence-corrected chi connectivity index (χ1v) is 5.21. The number of carbonyl (C=O) groups is 1. The highest BCUT2D eigenvalue weighted by Crippen LogP contribution is 2.34. The van der Waals surface area contributed by atoms with Gasteiger partial charge in [-0.3, -0.25) is 10.2 Å². The fourth-order valence-electron chi connectivity index (χ4n) is 1.61. The predicted octanol–water partition coefficient (Wildman–Crippen LogP) is 0.971. The molecule has 1 aromatic carbocycles. The highest BCUT2D eigenvalue weighted by molar-refractivity contribution is 5.87. The summed E-state index contributed by atoms with van der Waals surface area (Å²) in [5.74, 6) is 6.19. The second-order valence-corrected chi connectivity index (χ2v) is 4.16. The molecule has 5 heteroatoms. The Hall–Kier alpha value is -1.75. The van der Waals surface area contributed by atoms with E-state index < -0.39 is 5.41 Å². The Bertz CT molecular complexity index is 416. The fourth-order valence-corrected chi connectivity index (χ4v) is 1.61. The van der Waals surface area contributed by atoms with Crippen LogP contribution in [0.2, 0.25) is 0 Å². The molecule has 1 rings (SSSR count). The molecular weight excluding hydrogens is 220 g/mol. The lowest BCUT2D eigenvalue weighted by Gasteiger charge is -2.25. The van der Waals surface area contributed by atoms with Crippen LogP contribution in [0.3, 0.4) is 0 Å². The van der Waals surface area contributed by atoms with Gasteiger partial charge in [-0.1, -0.05) is 0 Å². The number of benzene rings is 1. The van der Waals surface area contributed by atoms with Gasteiger partial charge in [0, 0.05) is 5.56 Å². The van der Waals surface area contributed by atoms with Crippen LogP contribution in [0.4, 0.5) is 0 Å². The summed E-state index contributed by atoms with van der Waals surface area (Å²) >= 11 is 0. The standard InChI is InChI=1S/C12H18N2O3/c1-12(2,11(15)14-13)9-7-8(16-3)5-6-10(9)17-4/h5-7H,13H2,1-4H3,(H,14,15). The molecule has 0 atom stereocenters. The van der Waals surface area contributed by atoms with Crippen molar-refractivity contribution in [1.29, 1.82) is 0 Å². The number of amides is 1. The van der Waals surface area contributed by atoms with Crippen molar-refractivity contribution in [2.45, 2.75) is 19.3 Å². The minimum atomic E-state index is -0.797. The maximum Gasteiger partial charge on any atom is 0.244 e. The fraction of sp³-hybridized carbons (Fsp3) is 0.417. The summed E-state index contributed by atoms with van der Waals surface area (Å²) in [6.07, 6.45) is 0. The summed E-state index contributed by atoms with van der Waals surface area (Å²) in [5, 5.41) is 0. The Kier molecular flexibility index (Phi) is 3.96. The van der Waals surface area contributed by atoms with Crippen molar-refractivity contribution in [2.24, 2.45) is 5.84 Å². The molecule has 0 spiro atoms. The van der Waals surface area contributed by atoms with E-state index in [2.05, 4.69) is 5.43 Å². The largest absolute Gasteiger partial charge is 0.497 e. The maximum atomic E-state index is 11.8. The second kappa shape index (κ2) is 5.05. The third kappa shape index (κ3) is 2.50. The Morgan fingerprint density at radius 2 is 1.94 bits per heavy atom. The van der Waals surface area contributed by atoms with E-state index in [1.807, 2.05) is 0 Å². The smallest absolute Gasteiger partial charge is 0.244 e. The van der Waals surface area contributed by atoms with Gasteiger partial charge in [0.2, 0.25) is 5.91 Å². The predicted molar refractivity (Wildman–Crippen MR) is 64.9 cm³/mol. The highest BCUT2D eigenvalue weighted by Gasteiger charge is 2.32. The lowest BCUT2D eigenvalue weighted by atomic mass is 9.83. The van der Waals surface area contributed by atoms with E-state index >= 15 is 0 Å². The number of nitrogens with two attached hydrogens (primary N) is 1. The van der Waals surface area contributed by atoms with Crippen LogP contribution in [0.5, 0.6) is 11.5 Å². The first-order valence-electron chi connectivity index (χ1n) is 5.21. The van der Waals surface area contributed by atoms with Crippen molar-refractivity contribution in [1.82, 2.24) is 5.43 Å². The lowest BCUT2D eigenvalue weighted by Crippen LogP contribution is -2.43. The molecule has 0 aliphatic rings. The van der Waals surface area contributed by atoms with Crippen LogP contribution >= 0.6 is 0 Å². The Morgan fingerprint density at radius 3 is 2.41 bits per heavy atom. The number of carbonyl (C=O) groups excluding carboxylic acids is 1. The Morgan fingerprint density at radius 1 is 1.29 bits per heavy atom. The van der Waals surface area contributed by atoms with Gasteiger partial charge in [0.05, 0.1) is 19.6 Å². The molecule has 0 bridgehead atoms. The average molecular weight is 238 g/mol. The van der Waals surface area contributed by atoms with Gasteiger partial charge in [0.15, 0.2) is 0 Å². The highest BCUT2D eigenvalue weighted by atomic mass is 16.5. The molecule has 5 nitrogen and oxygen atoms in total. The zero-order valence-electron chi connectivity index (χ0n) is 10.5. The van der Waals surface area contributed by atoms with Gasteiger partial charge in [-0.15, -0.1) is 0 Å². The first-order chi connectivity index (χ1) is 7.97. The van der Waals surface area contributed by atoms with Gasteiger partial charge in [-0.2, -0.15) is 0 Å². The van der Waals surface area contributed by atoms with Crippen molar-refractivity contribution in [3.8, 4) is 11.5 Å². The molecule has 1 aromatic rings. The molecular formula is C12H18N2O3. The lowest BCUT2D eigenvalue weighted by molar-refractivity contribution is -0.125. The third-order valence-electron chi connectivity index (χ3n) is 2.78. The van der Waals surface area contributed by atoms with Crippen molar-refractivity contribution in [2.75, 3.05) is 14.2 Å². The average Bonchev–Trinajstić information content (AvgIpc) is 2.36. The van der Waals surface area contributed by atoms with Crippen LogP contribution in [-0.2, 0) is 10.2 Å². The van der Waals surface area contributed by atoms with Gasteiger partial charge < -0.3 is 9.47 Å². The maximum absolute atomic E-state index is 11.8. The summed E-state index contributed by atoms with van der Waals surface area (Å²) in [4.78, 5) is 11.8. The molecule has 0 saturated heterocycles. The Balaban J connectivity index is 3.31. The molecule has 94 valence electrons. The van der Waals surface area contributed by atoms with E-state index in [0.29, 0.717) is 11.5 Å². The number of hydrogen-bond donors (Lipinski definition) is 2. The molecule has 0 unspecified atom stereocenters. The minimum Gasteiger partial charge on any atom is -0.497 e. The Labute approximate surface area is 101 Å². The number of methoxy groups -OCH3 is 2. The normalized spacial score (nSPS) is 10.9. The number of nitrogens with one attached hydrogen (secondary N) is 1. The molecule has 3 N–H and O–H groups in total. The number of rotatable bonds is 4. The quantitative estimate of drug-likeness (QED) is 0.466.